The molecule has 2 aromatic rings. The van der Waals surface area contributed by atoms with E-state index in [1.165, 1.54) is 25.0 Å². The van der Waals surface area contributed by atoms with Gasteiger partial charge in [-0.05, 0) is 55.7 Å². The van der Waals surface area contributed by atoms with Crippen LogP contribution in [0.5, 0.6) is 5.75 Å². The number of rotatable bonds is 8. The molecule has 0 aliphatic rings. The van der Waals surface area contributed by atoms with Crippen molar-refractivity contribution < 1.29 is 9.66 Å². The maximum absolute atomic E-state index is 10.7. The highest BCUT2D eigenvalue weighted by Crippen LogP contribution is 2.30. The van der Waals surface area contributed by atoms with E-state index in [-0.39, 0.29) is 5.69 Å². The average Bonchev–Trinajstić information content (AvgIpc) is 2.58. The van der Waals surface area contributed by atoms with Crippen molar-refractivity contribution in [1.82, 2.24) is 0 Å². The molecular formula is C19H23N3O3. The van der Waals surface area contributed by atoms with E-state index in [9.17, 15) is 10.1 Å². The molecule has 0 unspecified atom stereocenters. The molecule has 0 atom stereocenters. The van der Waals surface area contributed by atoms with Crippen LogP contribution >= 0.6 is 0 Å². The van der Waals surface area contributed by atoms with Crippen LogP contribution in [0, 0.1) is 24.0 Å². The van der Waals surface area contributed by atoms with Crippen LogP contribution in [-0.4, -0.2) is 11.5 Å². The molecule has 0 fully saturated rings. The highest BCUT2D eigenvalue weighted by molar-refractivity contribution is 5.55. The van der Waals surface area contributed by atoms with E-state index in [1.807, 2.05) is 26.0 Å². The molecule has 0 saturated carbocycles. The van der Waals surface area contributed by atoms with Crippen LogP contribution in [0.4, 0.5) is 17.1 Å². The molecule has 2 aromatic carbocycles. The fraction of sp³-hybridized carbons (Fsp3) is 0.368. The first-order chi connectivity index (χ1) is 12.0. The average molecular weight is 341 g/mol. The zero-order valence-electron chi connectivity index (χ0n) is 14.9. The summed E-state index contributed by atoms with van der Waals surface area (Å²) < 4.78 is 5.79. The topological polar surface area (TPSA) is 77.1 Å². The molecule has 25 heavy (non-hydrogen) atoms. The van der Waals surface area contributed by atoms with Gasteiger partial charge in [0.05, 0.1) is 22.9 Å². The second-order valence-electron chi connectivity index (χ2n) is 5.93. The second-order valence-corrected chi connectivity index (χ2v) is 5.93. The van der Waals surface area contributed by atoms with Crippen LogP contribution in [0.1, 0.15) is 37.3 Å². The lowest BCUT2D eigenvalue weighted by Gasteiger charge is -2.10. The summed E-state index contributed by atoms with van der Waals surface area (Å²) in [5, 5.41) is 19.1. The first-order valence-corrected chi connectivity index (χ1v) is 8.41. The van der Waals surface area contributed by atoms with Crippen LogP contribution in [0.3, 0.4) is 0 Å². The van der Waals surface area contributed by atoms with E-state index in [1.54, 1.807) is 12.1 Å². The van der Waals surface area contributed by atoms with Gasteiger partial charge in [0.25, 0.3) is 5.69 Å². The summed E-state index contributed by atoms with van der Waals surface area (Å²) in [5.41, 5.74) is 3.37. The molecule has 0 bridgehead atoms. The summed E-state index contributed by atoms with van der Waals surface area (Å²) in [5.74, 6) is 0.848. The molecule has 0 heterocycles. The summed E-state index contributed by atoms with van der Waals surface area (Å²) >= 11 is 0. The molecule has 0 N–H and O–H groups in total. The number of nitro groups is 1. The molecule has 0 aromatic heterocycles. The predicted octanol–water partition coefficient (Wildman–Crippen LogP) is 6.20. The fourth-order valence-electron chi connectivity index (χ4n) is 2.45. The van der Waals surface area contributed by atoms with Crippen molar-refractivity contribution in [1.29, 1.82) is 0 Å². The highest BCUT2D eigenvalue weighted by Gasteiger charge is 2.07. The molecular weight excluding hydrogens is 318 g/mol. The monoisotopic (exact) mass is 341 g/mol. The van der Waals surface area contributed by atoms with E-state index in [0.717, 1.165) is 35.6 Å². The number of aryl methyl sites for hydroxylation is 2. The summed E-state index contributed by atoms with van der Waals surface area (Å²) in [6.45, 7) is 6.82. The van der Waals surface area contributed by atoms with Crippen LogP contribution in [0.2, 0.25) is 0 Å². The van der Waals surface area contributed by atoms with E-state index in [2.05, 4.69) is 17.2 Å². The quantitative estimate of drug-likeness (QED) is 0.248. The van der Waals surface area contributed by atoms with Crippen molar-refractivity contribution >= 4 is 17.1 Å². The standard InChI is InChI=1S/C19H23N3O3/c1-4-5-6-11-25-18-12-14(2)19(15(3)13-18)21-20-16-7-9-17(10-8-16)22(23)24/h7-10,12-13H,4-6,11H2,1-3H3. The van der Waals surface area contributed by atoms with E-state index >= 15 is 0 Å². The van der Waals surface area contributed by atoms with Crippen molar-refractivity contribution in [3.05, 3.63) is 57.6 Å². The molecule has 6 nitrogen and oxygen atoms in total. The number of nitrogens with zero attached hydrogens (tertiary/aromatic N) is 3. The van der Waals surface area contributed by atoms with Gasteiger partial charge in [-0.1, -0.05) is 19.8 Å². The Bertz CT molecular complexity index is 732. The van der Waals surface area contributed by atoms with Crippen molar-refractivity contribution in [2.24, 2.45) is 10.2 Å². The number of nitro benzene ring substituents is 1. The highest BCUT2D eigenvalue weighted by atomic mass is 16.6. The molecule has 2 rings (SSSR count). The number of azo groups is 1. The minimum atomic E-state index is -0.436. The molecule has 132 valence electrons. The Morgan fingerprint density at radius 1 is 1.04 bits per heavy atom. The number of unbranched alkanes of at least 4 members (excludes halogenated alkanes) is 2. The maximum Gasteiger partial charge on any atom is 0.269 e. The Morgan fingerprint density at radius 3 is 2.24 bits per heavy atom. The molecule has 0 radical (unpaired) electrons. The molecule has 0 amide bonds. The Morgan fingerprint density at radius 2 is 1.68 bits per heavy atom. The summed E-state index contributed by atoms with van der Waals surface area (Å²) in [6, 6.07) is 9.92. The van der Waals surface area contributed by atoms with E-state index in [4.69, 9.17) is 4.74 Å². The summed E-state index contributed by atoms with van der Waals surface area (Å²) in [7, 11) is 0. The fourth-order valence-corrected chi connectivity index (χ4v) is 2.45. The minimum absolute atomic E-state index is 0.0379. The van der Waals surface area contributed by atoms with Gasteiger partial charge < -0.3 is 4.74 Å². The van der Waals surface area contributed by atoms with Crippen molar-refractivity contribution in [3.8, 4) is 5.75 Å². The van der Waals surface area contributed by atoms with Gasteiger partial charge in [-0.25, -0.2) is 0 Å². The van der Waals surface area contributed by atoms with Gasteiger partial charge in [0, 0.05) is 12.1 Å². The third-order valence-electron chi connectivity index (χ3n) is 3.81. The second kappa shape index (κ2) is 8.92. The van der Waals surface area contributed by atoms with Crippen LogP contribution in [0.15, 0.2) is 46.6 Å². The van der Waals surface area contributed by atoms with Crippen molar-refractivity contribution in [2.75, 3.05) is 6.61 Å². The Kier molecular flexibility index (Phi) is 6.62. The number of hydrogen-bond donors (Lipinski definition) is 0. The first kappa shape index (κ1) is 18.6. The summed E-state index contributed by atoms with van der Waals surface area (Å²) in [4.78, 5) is 10.2. The van der Waals surface area contributed by atoms with Crippen LogP contribution in [-0.2, 0) is 0 Å². The first-order valence-electron chi connectivity index (χ1n) is 8.41. The lowest BCUT2D eigenvalue weighted by Crippen LogP contribution is -1.97. The molecule has 0 aliphatic heterocycles. The zero-order chi connectivity index (χ0) is 18.2. The molecule has 0 spiro atoms. The maximum atomic E-state index is 10.7. The predicted molar refractivity (Wildman–Crippen MR) is 98.2 cm³/mol. The van der Waals surface area contributed by atoms with Gasteiger partial charge in [-0.15, -0.1) is 0 Å². The third kappa shape index (κ3) is 5.38. The number of ether oxygens (including phenoxy) is 1. The SMILES string of the molecule is CCCCCOc1cc(C)c(N=Nc2ccc([N+](=O)[O-])cc2)c(C)c1. The summed E-state index contributed by atoms with van der Waals surface area (Å²) in [6.07, 6.45) is 3.39. The Hall–Kier alpha value is -2.76. The van der Waals surface area contributed by atoms with Crippen LogP contribution < -0.4 is 4.74 Å². The molecule has 0 aliphatic carbocycles. The smallest absolute Gasteiger partial charge is 0.269 e. The van der Waals surface area contributed by atoms with Gasteiger partial charge in [0.1, 0.15) is 5.75 Å². The van der Waals surface area contributed by atoms with E-state index in [0.29, 0.717) is 5.69 Å². The zero-order valence-corrected chi connectivity index (χ0v) is 14.9. The Labute approximate surface area is 147 Å². The van der Waals surface area contributed by atoms with Gasteiger partial charge in [0.2, 0.25) is 0 Å². The van der Waals surface area contributed by atoms with Gasteiger partial charge in [0.15, 0.2) is 0 Å². The van der Waals surface area contributed by atoms with E-state index < -0.39 is 4.92 Å². The minimum Gasteiger partial charge on any atom is -0.494 e. The molecule has 0 saturated heterocycles. The lowest BCUT2D eigenvalue weighted by atomic mass is 10.1. The number of hydrogen-bond acceptors (Lipinski definition) is 5. The number of benzene rings is 2. The van der Waals surface area contributed by atoms with Gasteiger partial charge in [-0.2, -0.15) is 10.2 Å². The van der Waals surface area contributed by atoms with Crippen molar-refractivity contribution in [2.45, 2.75) is 40.0 Å². The van der Waals surface area contributed by atoms with Crippen LogP contribution in [0.25, 0.3) is 0 Å². The number of non-ortho nitro benzene ring substituents is 1. The largest absolute Gasteiger partial charge is 0.494 e. The molecule has 6 heteroatoms. The lowest BCUT2D eigenvalue weighted by molar-refractivity contribution is -0.384. The third-order valence-corrected chi connectivity index (χ3v) is 3.81. The normalized spacial score (nSPS) is 11.0. The van der Waals surface area contributed by atoms with Crippen molar-refractivity contribution in [3.63, 3.8) is 0 Å². The Balaban J connectivity index is 2.09. The van der Waals surface area contributed by atoms with Gasteiger partial charge >= 0.3 is 0 Å². The van der Waals surface area contributed by atoms with Gasteiger partial charge in [-0.3, -0.25) is 10.1 Å².